The van der Waals surface area contributed by atoms with Crippen molar-refractivity contribution in [2.75, 3.05) is 22.9 Å². The molecule has 4 aliphatic rings. The number of carboxylic acid groups (broad SMARTS) is 3. The van der Waals surface area contributed by atoms with Crippen LogP contribution in [0.25, 0.3) is 0 Å². The molecule has 464 valence electrons. The van der Waals surface area contributed by atoms with Crippen molar-refractivity contribution in [1.29, 1.82) is 0 Å². The van der Waals surface area contributed by atoms with Crippen LogP contribution in [0.5, 0.6) is 34.5 Å². The number of halogens is 7. The first-order valence-electron chi connectivity index (χ1n) is 26.7. The lowest BCUT2D eigenvalue weighted by molar-refractivity contribution is -0.156. The number of ether oxygens (including phenoxy) is 2. The van der Waals surface area contributed by atoms with Gasteiger partial charge in [0.25, 0.3) is 0 Å². The molecular weight excluding hydrogens is 1160 g/mol. The van der Waals surface area contributed by atoms with Gasteiger partial charge in [-0.1, -0.05) is 63.7 Å². The first-order valence-corrected chi connectivity index (χ1v) is 26.7. The minimum atomic E-state index is -4.64. The fourth-order valence-electron chi connectivity index (χ4n) is 11.6. The van der Waals surface area contributed by atoms with Gasteiger partial charge in [-0.05, 0) is 113 Å². The molecule has 0 fully saturated rings. The van der Waals surface area contributed by atoms with Gasteiger partial charge in [-0.25, -0.2) is 18.4 Å². The molecule has 0 bridgehead atoms. The Kier molecular flexibility index (Phi) is 19.7. The minimum Gasteiger partial charge on any atom is -0.508 e. The van der Waals surface area contributed by atoms with E-state index >= 15 is 4.39 Å². The number of benzene rings is 6. The number of alkyl halides is 3. The molecule has 7 N–H and O–H groups in total. The highest BCUT2D eigenvalue weighted by atomic mass is 19.4. The summed E-state index contributed by atoms with van der Waals surface area (Å²) < 4.78 is 100. The number of hydrogen-bond acceptors (Lipinski definition) is 14. The van der Waals surface area contributed by atoms with Crippen LogP contribution < -0.4 is 14.5 Å². The molecule has 0 amide bonds. The number of aldehydes is 1. The van der Waals surface area contributed by atoms with Gasteiger partial charge in [-0.2, -0.15) is 22.0 Å². The normalized spacial score (nSPS) is 17.8. The Morgan fingerprint density at radius 1 is 0.632 bits per heavy atom. The second-order valence-electron chi connectivity index (χ2n) is 22.2. The van der Waals surface area contributed by atoms with Crippen molar-refractivity contribution in [3.05, 3.63) is 164 Å². The first-order chi connectivity index (χ1) is 40.2. The van der Waals surface area contributed by atoms with Gasteiger partial charge in [0.2, 0.25) is 17.9 Å². The summed E-state index contributed by atoms with van der Waals surface area (Å²) in [4.78, 5) is 71.3. The molecule has 4 heterocycles. The number of esters is 1. The van der Waals surface area contributed by atoms with Crippen LogP contribution in [0.1, 0.15) is 164 Å². The van der Waals surface area contributed by atoms with E-state index in [1.807, 2.05) is 12.1 Å². The second kappa shape index (κ2) is 25.7. The van der Waals surface area contributed by atoms with Crippen molar-refractivity contribution in [2.24, 2.45) is 0 Å². The lowest BCUT2D eigenvalue weighted by Crippen LogP contribution is -2.49. The Bertz CT molecular complexity index is 3680. The Morgan fingerprint density at radius 3 is 1.69 bits per heavy atom. The van der Waals surface area contributed by atoms with Crippen molar-refractivity contribution in [2.45, 2.75) is 122 Å². The summed E-state index contributed by atoms with van der Waals surface area (Å²) >= 11 is 0. The number of aromatic hydroxyl groups is 4. The standard InChI is InChI=1S/C30H27F2NO6.C16H23NO3.C14H8F2O5.C2HF3O.CH4/c1-15-14-29(2,3)33(10-6-9-24(34)35)22-13-23-19(11-17(15)22)30(18-8-5-4-7-16(18)28(37)39-30)20-12-21(31)26(36)25(32)27(20)38-23;1-11-10-16(2,3)17(8-4-5-15(19)20)14-9-12(18)6-7-13(11)14;15-9-5-8(12(18)10(16)13(9)19)11(17)6-3-1-2-4-7(6)14(20)21;3-2(4,5)1-6;/h4-5,7-8,11-13,15,36H,6,9-10,14H2,1-3H3,(H,34,35);6-7,9,11,18H,4-5,8,10H2,1-3H3,(H,19,20);1-5,18-19H,(H,20,21);1H;1H4. The predicted octanol–water partition coefficient (Wildman–Crippen LogP) is 13.2. The van der Waals surface area contributed by atoms with E-state index in [0.717, 1.165) is 48.0 Å². The van der Waals surface area contributed by atoms with E-state index in [9.17, 15) is 70.7 Å². The number of fused-ring (bicyclic) bond motifs is 8. The van der Waals surface area contributed by atoms with E-state index in [4.69, 9.17) is 29.6 Å². The molecule has 0 aromatic heterocycles. The molecule has 0 saturated heterocycles. The van der Waals surface area contributed by atoms with Gasteiger partial charge in [-0.3, -0.25) is 19.2 Å². The maximum Gasteiger partial charge on any atom is 0.446 e. The highest BCUT2D eigenvalue weighted by Crippen LogP contribution is 2.60. The smallest absolute Gasteiger partial charge is 0.446 e. The van der Waals surface area contributed by atoms with Gasteiger partial charge in [-0.15, -0.1) is 0 Å². The lowest BCUT2D eigenvalue weighted by atomic mass is 9.74. The summed E-state index contributed by atoms with van der Waals surface area (Å²) in [5.74, 6) is -13.7. The number of phenols is 4. The molecule has 3 unspecified atom stereocenters. The molecule has 17 nitrogen and oxygen atoms in total. The van der Waals surface area contributed by atoms with Crippen LogP contribution in [0.15, 0.2) is 91.0 Å². The van der Waals surface area contributed by atoms with E-state index in [2.05, 4.69) is 51.3 Å². The molecule has 4 aliphatic heterocycles. The van der Waals surface area contributed by atoms with Gasteiger partial charge in [0.15, 0.2) is 46.0 Å². The van der Waals surface area contributed by atoms with Crippen molar-refractivity contribution in [1.82, 2.24) is 0 Å². The highest BCUT2D eigenvalue weighted by molar-refractivity contribution is 6.15. The van der Waals surface area contributed by atoms with Crippen LogP contribution in [0.3, 0.4) is 0 Å². The third-order valence-corrected chi connectivity index (χ3v) is 15.2. The summed E-state index contributed by atoms with van der Waals surface area (Å²) in [6.45, 7) is 14.0. The van der Waals surface area contributed by atoms with Crippen LogP contribution >= 0.6 is 0 Å². The number of rotatable bonds is 11. The Hall–Kier alpha value is -9.35. The summed E-state index contributed by atoms with van der Waals surface area (Å²) in [5, 5.41) is 65.3. The number of carboxylic acids is 3. The fraction of sp³-hybridized carbons (Fsp3) is 0.333. The third kappa shape index (κ3) is 13.5. The zero-order valence-corrected chi connectivity index (χ0v) is 47.0. The Balaban J connectivity index is 0.000000214. The van der Waals surface area contributed by atoms with E-state index < -0.39 is 99.6 Å². The minimum absolute atomic E-state index is 0. The van der Waals surface area contributed by atoms with Crippen molar-refractivity contribution in [3.63, 3.8) is 0 Å². The molecule has 0 radical (unpaired) electrons. The summed E-state index contributed by atoms with van der Waals surface area (Å²) in [6.07, 6.45) is -2.69. The molecule has 87 heavy (non-hydrogen) atoms. The van der Waals surface area contributed by atoms with Crippen LogP contribution in [-0.2, 0) is 24.7 Å². The highest BCUT2D eigenvalue weighted by Gasteiger charge is 2.56. The number of aromatic carboxylic acids is 1. The molecular formula is C63H63F7N2O15. The largest absolute Gasteiger partial charge is 0.508 e. The quantitative estimate of drug-likeness (QED) is 0.0275. The zero-order chi connectivity index (χ0) is 63.7. The molecule has 10 rings (SSSR count). The topological polar surface area (TPSA) is 269 Å². The maximum absolute atomic E-state index is 15.4. The van der Waals surface area contributed by atoms with Crippen LogP contribution in [-0.4, -0.2) is 102 Å². The van der Waals surface area contributed by atoms with Gasteiger partial charge in [0.05, 0.1) is 22.3 Å². The Morgan fingerprint density at radius 2 is 1.14 bits per heavy atom. The second-order valence-corrected chi connectivity index (χ2v) is 22.2. The summed E-state index contributed by atoms with van der Waals surface area (Å²) in [5.41, 5.74) is 1.52. The van der Waals surface area contributed by atoms with Gasteiger partial charge in [0.1, 0.15) is 11.5 Å². The Labute approximate surface area is 494 Å². The average Bonchev–Trinajstić information content (AvgIpc) is 1.69. The number of hydrogen-bond donors (Lipinski definition) is 7. The number of ketones is 1. The summed E-state index contributed by atoms with van der Waals surface area (Å²) in [7, 11) is 0. The summed E-state index contributed by atoms with van der Waals surface area (Å²) in [6, 6.07) is 22.2. The van der Waals surface area contributed by atoms with Crippen molar-refractivity contribution < 1.29 is 105 Å². The maximum atomic E-state index is 15.4. The SMILES string of the molecule is C.CC1CC(C)(C)N(CCCC(=O)O)c2cc(O)ccc21.CC1CC(C)(C)N(CCCC(=O)O)c2cc3c(cc21)C1(OC(=O)c2ccccc21)c1cc(F)c(O)c(F)c1O3.O=C(O)c1ccccc1C(=O)c1cc(F)c(O)c(F)c1O.O=CC(F)(F)F. The van der Waals surface area contributed by atoms with Gasteiger partial charge < -0.3 is 55.0 Å². The average molecular weight is 1220 g/mol. The van der Waals surface area contributed by atoms with Crippen LogP contribution in [0, 0.1) is 23.3 Å². The molecule has 0 saturated carbocycles. The van der Waals surface area contributed by atoms with Crippen molar-refractivity contribution >= 4 is 47.3 Å². The van der Waals surface area contributed by atoms with Gasteiger partial charge in [0, 0.05) is 77.2 Å². The van der Waals surface area contributed by atoms with E-state index in [-0.39, 0.29) is 71.0 Å². The molecule has 24 heteroatoms. The van der Waals surface area contributed by atoms with Gasteiger partial charge >= 0.3 is 30.1 Å². The fourth-order valence-corrected chi connectivity index (χ4v) is 11.6. The van der Waals surface area contributed by atoms with Crippen molar-refractivity contribution in [3.8, 4) is 34.5 Å². The lowest BCUT2D eigenvalue weighted by Gasteiger charge is -2.48. The molecule has 3 atom stereocenters. The molecule has 1 spiro atoms. The number of anilines is 2. The third-order valence-electron chi connectivity index (χ3n) is 15.2. The number of aliphatic carboxylic acids is 2. The van der Waals surface area contributed by atoms with Crippen LogP contribution in [0.2, 0.25) is 0 Å². The van der Waals surface area contributed by atoms with E-state index in [0.29, 0.717) is 49.0 Å². The molecule has 6 aromatic rings. The zero-order valence-electron chi connectivity index (χ0n) is 47.0. The number of nitrogens with zero attached hydrogens (tertiary/aromatic N) is 2. The monoisotopic (exact) mass is 1220 g/mol. The predicted molar refractivity (Wildman–Crippen MR) is 302 cm³/mol. The molecule has 0 aliphatic carbocycles. The number of phenolic OH excluding ortho intramolecular Hbond substituents is 4. The van der Waals surface area contributed by atoms with E-state index in [1.54, 1.807) is 42.5 Å². The van der Waals surface area contributed by atoms with E-state index in [1.165, 1.54) is 17.7 Å². The molecule has 6 aromatic carbocycles. The van der Waals surface area contributed by atoms with Crippen LogP contribution in [0.4, 0.5) is 42.1 Å². The number of carbonyl (C=O) groups excluding carboxylic acids is 3. The number of carbonyl (C=O) groups is 6. The first kappa shape index (κ1) is 66.8.